The molecule has 1 aliphatic rings. The zero-order valence-electron chi connectivity index (χ0n) is 12.2. The van der Waals surface area contributed by atoms with Crippen LogP contribution in [0.3, 0.4) is 0 Å². The molecule has 1 atom stereocenters. The van der Waals surface area contributed by atoms with Crippen molar-refractivity contribution in [1.82, 2.24) is 4.90 Å². The Morgan fingerprint density at radius 3 is 2.74 bits per heavy atom. The van der Waals surface area contributed by atoms with Crippen LogP contribution in [-0.2, 0) is 6.42 Å². The molecule has 0 aromatic heterocycles. The third kappa shape index (κ3) is 3.17. The van der Waals surface area contributed by atoms with Crippen molar-refractivity contribution in [2.75, 3.05) is 6.54 Å². The number of carbonyl (C=O) groups excluding carboxylic acids is 1. The lowest BCUT2D eigenvalue weighted by atomic mass is 9.95. The number of nitrogens with zero attached hydrogens (tertiary/aromatic N) is 1. The van der Waals surface area contributed by atoms with Gasteiger partial charge in [-0.3, -0.25) is 4.79 Å². The van der Waals surface area contributed by atoms with Gasteiger partial charge in [0.15, 0.2) is 0 Å². The molecule has 1 heterocycles. The summed E-state index contributed by atoms with van der Waals surface area (Å²) in [4.78, 5) is 14.7. The molecule has 1 aromatic carbocycles. The molecular weight excluding hydrogens is 234 g/mol. The van der Waals surface area contributed by atoms with Crippen LogP contribution in [0.1, 0.15) is 61.9 Å². The summed E-state index contributed by atoms with van der Waals surface area (Å²) in [6, 6.07) is 8.48. The summed E-state index contributed by atoms with van der Waals surface area (Å²) in [7, 11) is 0. The van der Waals surface area contributed by atoms with Gasteiger partial charge in [0.05, 0.1) is 0 Å². The van der Waals surface area contributed by atoms with Crippen molar-refractivity contribution in [3.8, 4) is 0 Å². The Hall–Kier alpha value is -1.31. The summed E-state index contributed by atoms with van der Waals surface area (Å²) in [6.07, 6.45) is 6.98. The minimum atomic E-state index is 0.241. The van der Waals surface area contributed by atoms with Crippen LogP contribution in [0, 0.1) is 0 Å². The van der Waals surface area contributed by atoms with E-state index in [1.807, 2.05) is 18.2 Å². The molecule has 1 unspecified atom stereocenters. The largest absolute Gasteiger partial charge is 0.335 e. The Kier molecular flexibility index (Phi) is 5.00. The fourth-order valence-electron chi connectivity index (χ4n) is 3.00. The predicted octanol–water partition coefficient (Wildman–Crippen LogP) is 4.04. The molecule has 1 amide bonds. The average Bonchev–Trinajstić information content (AvgIpc) is 2.45. The van der Waals surface area contributed by atoms with Gasteiger partial charge in [0, 0.05) is 18.2 Å². The molecule has 0 aliphatic carbocycles. The van der Waals surface area contributed by atoms with Gasteiger partial charge in [0.25, 0.3) is 5.91 Å². The smallest absolute Gasteiger partial charge is 0.254 e. The van der Waals surface area contributed by atoms with Crippen LogP contribution < -0.4 is 0 Å². The Balaban J connectivity index is 2.07. The van der Waals surface area contributed by atoms with Crippen LogP contribution in [0.15, 0.2) is 24.3 Å². The van der Waals surface area contributed by atoms with Crippen molar-refractivity contribution >= 4 is 5.91 Å². The van der Waals surface area contributed by atoms with Gasteiger partial charge in [0.2, 0.25) is 0 Å². The van der Waals surface area contributed by atoms with E-state index in [4.69, 9.17) is 0 Å². The minimum absolute atomic E-state index is 0.241. The van der Waals surface area contributed by atoms with Gasteiger partial charge in [-0.2, -0.15) is 0 Å². The molecule has 1 aliphatic heterocycles. The first-order chi connectivity index (χ1) is 9.27. The summed E-state index contributed by atoms with van der Waals surface area (Å²) in [5.41, 5.74) is 2.13. The summed E-state index contributed by atoms with van der Waals surface area (Å²) in [6.45, 7) is 5.31. The highest BCUT2D eigenvalue weighted by molar-refractivity contribution is 5.96. The molecule has 0 bridgehead atoms. The second kappa shape index (κ2) is 6.74. The van der Waals surface area contributed by atoms with E-state index in [0.717, 1.165) is 31.4 Å². The topological polar surface area (TPSA) is 20.3 Å². The van der Waals surface area contributed by atoms with E-state index >= 15 is 0 Å². The highest BCUT2D eigenvalue weighted by atomic mass is 16.2. The van der Waals surface area contributed by atoms with E-state index in [0.29, 0.717) is 6.04 Å². The van der Waals surface area contributed by atoms with Gasteiger partial charge in [0.1, 0.15) is 0 Å². The molecule has 19 heavy (non-hydrogen) atoms. The average molecular weight is 259 g/mol. The lowest BCUT2D eigenvalue weighted by Crippen LogP contribution is -2.44. The summed E-state index contributed by atoms with van der Waals surface area (Å²) in [5, 5.41) is 0. The summed E-state index contributed by atoms with van der Waals surface area (Å²) in [5.74, 6) is 0.241. The molecule has 0 saturated heterocycles. The van der Waals surface area contributed by atoms with Crippen LogP contribution in [0.2, 0.25) is 0 Å². The molecule has 2 nitrogen and oxygen atoms in total. The van der Waals surface area contributed by atoms with Crippen LogP contribution in [-0.4, -0.2) is 23.4 Å². The predicted molar refractivity (Wildman–Crippen MR) is 79.4 cm³/mol. The SMILES string of the molecule is CCCCCC(CC)N1CCc2ccccc2C1=O. The van der Waals surface area contributed by atoms with Gasteiger partial charge < -0.3 is 4.90 Å². The van der Waals surface area contributed by atoms with Crippen molar-refractivity contribution in [1.29, 1.82) is 0 Å². The molecular formula is C17H25NO. The maximum absolute atomic E-state index is 12.6. The minimum Gasteiger partial charge on any atom is -0.335 e. The molecule has 0 fully saturated rings. The first-order valence-electron chi connectivity index (χ1n) is 7.66. The van der Waals surface area contributed by atoms with Crippen LogP contribution >= 0.6 is 0 Å². The Morgan fingerprint density at radius 2 is 2.00 bits per heavy atom. The fraction of sp³-hybridized carbons (Fsp3) is 0.588. The number of fused-ring (bicyclic) bond motifs is 1. The third-order valence-corrected chi connectivity index (χ3v) is 4.18. The molecule has 2 heteroatoms. The van der Waals surface area contributed by atoms with Gasteiger partial charge in [-0.15, -0.1) is 0 Å². The molecule has 0 N–H and O–H groups in total. The van der Waals surface area contributed by atoms with Crippen molar-refractivity contribution in [3.63, 3.8) is 0 Å². The number of hydrogen-bond acceptors (Lipinski definition) is 1. The van der Waals surface area contributed by atoms with Gasteiger partial charge in [-0.05, 0) is 30.9 Å². The van der Waals surface area contributed by atoms with Crippen LogP contribution in [0.5, 0.6) is 0 Å². The van der Waals surface area contributed by atoms with Crippen molar-refractivity contribution in [2.45, 2.75) is 58.4 Å². The lowest BCUT2D eigenvalue weighted by Gasteiger charge is -2.35. The first kappa shape index (κ1) is 14.1. The number of rotatable bonds is 6. The van der Waals surface area contributed by atoms with Gasteiger partial charge in [-0.25, -0.2) is 0 Å². The molecule has 2 rings (SSSR count). The highest BCUT2D eigenvalue weighted by Gasteiger charge is 2.28. The molecule has 104 valence electrons. The zero-order valence-corrected chi connectivity index (χ0v) is 12.2. The molecule has 0 spiro atoms. The number of benzene rings is 1. The molecule has 0 radical (unpaired) electrons. The standard InChI is InChI=1S/C17H25NO/c1-3-5-6-10-15(4-2)18-13-12-14-9-7-8-11-16(14)17(18)19/h7-9,11,15H,3-6,10,12-13H2,1-2H3. The summed E-state index contributed by atoms with van der Waals surface area (Å²) >= 11 is 0. The van der Waals surface area contributed by atoms with E-state index in [9.17, 15) is 4.79 Å². The van der Waals surface area contributed by atoms with E-state index in [2.05, 4.69) is 24.8 Å². The van der Waals surface area contributed by atoms with E-state index < -0.39 is 0 Å². The Bertz CT molecular complexity index is 427. The Morgan fingerprint density at radius 1 is 1.21 bits per heavy atom. The number of unbranched alkanes of at least 4 members (excludes halogenated alkanes) is 2. The quantitative estimate of drug-likeness (QED) is 0.706. The van der Waals surface area contributed by atoms with Crippen LogP contribution in [0.4, 0.5) is 0 Å². The van der Waals surface area contributed by atoms with Crippen LogP contribution in [0.25, 0.3) is 0 Å². The van der Waals surface area contributed by atoms with E-state index in [1.54, 1.807) is 0 Å². The third-order valence-electron chi connectivity index (χ3n) is 4.18. The van der Waals surface area contributed by atoms with Gasteiger partial charge in [-0.1, -0.05) is 51.3 Å². The second-order valence-electron chi connectivity index (χ2n) is 5.46. The molecule has 1 aromatic rings. The first-order valence-corrected chi connectivity index (χ1v) is 7.66. The normalized spacial score (nSPS) is 16.3. The van der Waals surface area contributed by atoms with Crippen molar-refractivity contribution in [3.05, 3.63) is 35.4 Å². The maximum atomic E-state index is 12.6. The zero-order chi connectivity index (χ0) is 13.7. The Labute approximate surface area is 116 Å². The highest BCUT2D eigenvalue weighted by Crippen LogP contribution is 2.23. The number of amides is 1. The fourth-order valence-corrected chi connectivity index (χ4v) is 3.00. The van der Waals surface area contributed by atoms with Gasteiger partial charge >= 0.3 is 0 Å². The van der Waals surface area contributed by atoms with E-state index in [1.165, 1.54) is 24.8 Å². The van der Waals surface area contributed by atoms with Crippen molar-refractivity contribution in [2.24, 2.45) is 0 Å². The summed E-state index contributed by atoms with van der Waals surface area (Å²) < 4.78 is 0. The number of carbonyl (C=O) groups is 1. The maximum Gasteiger partial charge on any atom is 0.254 e. The second-order valence-corrected chi connectivity index (χ2v) is 5.46. The monoisotopic (exact) mass is 259 g/mol. The van der Waals surface area contributed by atoms with E-state index in [-0.39, 0.29) is 5.91 Å². The number of hydrogen-bond donors (Lipinski definition) is 0. The van der Waals surface area contributed by atoms with Crippen molar-refractivity contribution < 1.29 is 4.79 Å². The molecule has 0 saturated carbocycles. The lowest BCUT2D eigenvalue weighted by molar-refractivity contribution is 0.0641.